The topological polar surface area (TPSA) is 134 Å². The Morgan fingerprint density at radius 2 is 1.98 bits per heavy atom. The summed E-state index contributed by atoms with van der Waals surface area (Å²) in [5, 5.41) is 13.9. The number of carbonyl (C=O) groups excluding carboxylic acids is 2. The highest BCUT2D eigenvalue weighted by Crippen LogP contribution is 2.41. The van der Waals surface area contributed by atoms with E-state index in [-0.39, 0.29) is 6.03 Å². The van der Waals surface area contributed by atoms with Gasteiger partial charge in [0, 0.05) is 36.3 Å². The van der Waals surface area contributed by atoms with E-state index in [1.54, 1.807) is 28.3 Å². The molecule has 0 saturated carbocycles. The smallest absolute Gasteiger partial charge is 0.410 e. The maximum atomic E-state index is 13.6. The van der Waals surface area contributed by atoms with Gasteiger partial charge in [-0.2, -0.15) is 5.26 Å². The molecule has 0 aliphatic carbocycles. The van der Waals surface area contributed by atoms with Crippen LogP contribution in [0.15, 0.2) is 48.8 Å². The fourth-order valence-corrected chi connectivity index (χ4v) is 6.67. The first kappa shape index (κ1) is 29.5. The molecule has 4 aromatic rings. The van der Waals surface area contributed by atoms with Crippen molar-refractivity contribution in [1.82, 2.24) is 24.8 Å². The summed E-state index contributed by atoms with van der Waals surface area (Å²) in [6.45, 7) is 9.39. The Bertz CT molecular complexity index is 1790. The van der Waals surface area contributed by atoms with Gasteiger partial charge in [0.25, 0.3) is 0 Å². The highest BCUT2D eigenvalue weighted by atomic mass is 32.1. The molecule has 11 nitrogen and oxygen atoms in total. The van der Waals surface area contributed by atoms with E-state index in [4.69, 9.17) is 14.5 Å². The minimum absolute atomic E-state index is 0.308. The number of ether oxygens (including phenoxy) is 2. The van der Waals surface area contributed by atoms with Crippen molar-refractivity contribution in [3.63, 3.8) is 0 Å². The summed E-state index contributed by atoms with van der Waals surface area (Å²) in [6, 6.07) is 15.1. The number of hydrogen-bond acceptors (Lipinski definition) is 9. The molecule has 0 bridgehead atoms. The number of aromatic nitrogens is 3. The van der Waals surface area contributed by atoms with Gasteiger partial charge in [0.2, 0.25) is 0 Å². The number of urea groups is 1. The molecule has 4 heterocycles. The normalized spacial score (nSPS) is 18.4. The highest BCUT2D eigenvalue weighted by Gasteiger charge is 2.49. The molecule has 1 N–H and O–H groups in total. The van der Waals surface area contributed by atoms with Gasteiger partial charge in [0.1, 0.15) is 11.9 Å². The van der Waals surface area contributed by atoms with Crippen LogP contribution in [0.2, 0.25) is 0 Å². The van der Waals surface area contributed by atoms with Crippen LogP contribution in [0.4, 0.5) is 14.7 Å². The van der Waals surface area contributed by atoms with Crippen LogP contribution in [0.25, 0.3) is 32.6 Å². The van der Waals surface area contributed by atoms with E-state index >= 15 is 0 Å². The number of aryl methyl sites for hydroxylation is 1. The van der Waals surface area contributed by atoms with Crippen LogP contribution in [0, 0.1) is 18.3 Å². The maximum Gasteiger partial charge on any atom is 0.410 e. The molecule has 2 fully saturated rings. The molecule has 12 heteroatoms. The second-order valence-electron chi connectivity index (χ2n) is 12.1. The largest absolute Gasteiger partial charge is 0.444 e. The number of nitriles is 1. The zero-order chi connectivity index (χ0) is 31.1. The first-order chi connectivity index (χ1) is 21.0. The number of likely N-dealkylation sites (tertiary alicyclic amines) is 1. The molecule has 0 radical (unpaired) electrons. The third-order valence-corrected chi connectivity index (χ3v) is 8.86. The van der Waals surface area contributed by atoms with Gasteiger partial charge in [0.15, 0.2) is 5.13 Å². The number of amides is 3. The molecule has 2 saturated heterocycles. The van der Waals surface area contributed by atoms with E-state index < -0.39 is 17.2 Å². The average Bonchev–Trinajstić information content (AvgIpc) is 3.62. The van der Waals surface area contributed by atoms with E-state index in [0.29, 0.717) is 55.7 Å². The lowest BCUT2D eigenvalue weighted by Gasteiger charge is -2.44. The molecule has 2 aromatic heterocycles. The van der Waals surface area contributed by atoms with Crippen molar-refractivity contribution in [3.05, 3.63) is 60.0 Å². The molecule has 1 spiro atoms. The van der Waals surface area contributed by atoms with Gasteiger partial charge in [-0.3, -0.25) is 10.2 Å². The van der Waals surface area contributed by atoms with Crippen LogP contribution in [0.3, 0.4) is 0 Å². The number of hydrogen-bond donors (Lipinski definition) is 1. The average molecular weight is 612 g/mol. The van der Waals surface area contributed by atoms with Crippen LogP contribution < -0.4 is 5.32 Å². The minimum atomic E-state index is -0.653. The summed E-state index contributed by atoms with van der Waals surface area (Å²) >= 11 is 1.36. The number of benzene rings is 2. The van der Waals surface area contributed by atoms with Crippen LogP contribution in [0.5, 0.6) is 0 Å². The first-order valence-electron chi connectivity index (χ1n) is 14.4. The molecule has 44 heavy (non-hydrogen) atoms. The summed E-state index contributed by atoms with van der Waals surface area (Å²) in [4.78, 5) is 44.5. The Labute approximate surface area is 259 Å². The molecule has 3 amide bonds. The van der Waals surface area contributed by atoms with Crippen LogP contribution in [-0.4, -0.2) is 80.9 Å². The van der Waals surface area contributed by atoms with Gasteiger partial charge >= 0.3 is 12.1 Å². The second-order valence-corrected chi connectivity index (χ2v) is 13.1. The number of morpholine rings is 1. The zero-order valence-corrected chi connectivity index (χ0v) is 25.9. The molecule has 2 aliphatic heterocycles. The lowest BCUT2D eigenvalue weighted by Crippen LogP contribution is -2.61. The summed E-state index contributed by atoms with van der Waals surface area (Å²) in [5.41, 5.74) is 3.26. The number of carbonyl (C=O) groups is 2. The SMILES string of the molecule is Cc1ncnc2ccc(-c3sc(NC(=O)N4CCC5(COCCN5C(=O)OC(C)(C)C)C4)nc3-c3cccc(C#N)c3)cc12. The molecule has 6 rings (SSSR count). The van der Waals surface area contributed by atoms with Gasteiger partial charge in [-0.25, -0.2) is 24.5 Å². The number of rotatable bonds is 3. The van der Waals surface area contributed by atoms with Crippen LogP contribution in [0.1, 0.15) is 38.4 Å². The molecule has 2 aliphatic rings. The Hall–Kier alpha value is -4.60. The minimum Gasteiger partial charge on any atom is -0.444 e. The predicted octanol–water partition coefficient (Wildman–Crippen LogP) is 5.84. The Kier molecular flexibility index (Phi) is 7.69. The van der Waals surface area contributed by atoms with Gasteiger partial charge in [-0.1, -0.05) is 29.5 Å². The predicted molar refractivity (Wildman–Crippen MR) is 167 cm³/mol. The fraction of sp³-hybridized carbons (Fsp3) is 0.375. The Morgan fingerprint density at radius 3 is 2.77 bits per heavy atom. The fourth-order valence-electron chi connectivity index (χ4n) is 5.70. The number of nitrogens with one attached hydrogen (secondary N) is 1. The maximum absolute atomic E-state index is 13.6. The number of fused-ring (bicyclic) bond motifs is 1. The van der Waals surface area contributed by atoms with Crippen LogP contribution >= 0.6 is 11.3 Å². The van der Waals surface area contributed by atoms with Crippen molar-refractivity contribution < 1.29 is 19.1 Å². The summed E-state index contributed by atoms with van der Waals surface area (Å²) in [6.07, 6.45) is 1.73. The van der Waals surface area contributed by atoms with Crippen molar-refractivity contribution >= 4 is 39.5 Å². The molecular formula is C32H33N7O4S. The lowest BCUT2D eigenvalue weighted by atomic mass is 9.96. The summed E-state index contributed by atoms with van der Waals surface area (Å²) in [5.74, 6) is 0. The zero-order valence-electron chi connectivity index (χ0n) is 25.1. The van der Waals surface area contributed by atoms with Gasteiger partial charge in [0.05, 0.1) is 46.5 Å². The van der Waals surface area contributed by atoms with Crippen LogP contribution in [-0.2, 0) is 9.47 Å². The lowest BCUT2D eigenvalue weighted by molar-refractivity contribution is -0.0699. The number of anilines is 1. The molecule has 226 valence electrons. The van der Waals surface area contributed by atoms with E-state index in [1.165, 1.54) is 11.3 Å². The second kappa shape index (κ2) is 11.5. The quantitative estimate of drug-likeness (QED) is 0.305. The highest BCUT2D eigenvalue weighted by molar-refractivity contribution is 7.19. The van der Waals surface area contributed by atoms with Gasteiger partial charge < -0.3 is 14.4 Å². The van der Waals surface area contributed by atoms with Crippen molar-refractivity contribution in [1.29, 1.82) is 5.26 Å². The summed E-state index contributed by atoms with van der Waals surface area (Å²) < 4.78 is 11.5. The first-order valence-corrected chi connectivity index (χ1v) is 15.2. The van der Waals surface area contributed by atoms with E-state index in [0.717, 1.165) is 32.6 Å². The molecule has 1 unspecified atom stereocenters. The molecular weight excluding hydrogens is 578 g/mol. The van der Waals surface area contributed by atoms with E-state index in [2.05, 4.69) is 21.4 Å². The van der Waals surface area contributed by atoms with E-state index in [1.807, 2.05) is 58.0 Å². The van der Waals surface area contributed by atoms with Crippen molar-refractivity contribution in [2.45, 2.75) is 45.3 Å². The number of thiazole rings is 1. The van der Waals surface area contributed by atoms with E-state index in [9.17, 15) is 14.9 Å². The standard InChI is InChI=1S/C32H33N7O4S/c1-20-24-15-23(8-9-25(24)35-19-34-20)27-26(22-7-5-6-21(14-22)16-33)36-28(44-27)37-29(40)38-11-10-32(17-38)18-42-13-12-39(32)30(41)43-31(2,3)4/h5-9,14-15,19H,10-13,17-18H2,1-4H3,(H,36,37,40). The van der Waals surface area contributed by atoms with Crippen molar-refractivity contribution in [2.75, 3.05) is 38.2 Å². The number of nitrogens with zero attached hydrogens (tertiary/aromatic N) is 6. The third kappa shape index (κ3) is 5.80. The summed E-state index contributed by atoms with van der Waals surface area (Å²) in [7, 11) is 0. The van der Waals surface area contributed by atoms with Gasteiger partial charge in [-0.05, 0) is 63.9 Å². The monoisotopic (exact) mass is 611 g/mol. The molecule has 2 aromatic carbocycles. The van der Waals surface area contributed by atoms with Crippen molar-refractivity contribution in [3.8, 4) is 27.8 Å². The molecule has 1 atom stereocenters. The van der Waals surface area contributed by atoms with Gasteiger partial charge in [-0.15, -0.1) is 0 Å². The Morgan fingerprint density at radius 1 is 1.14 bits per heavy atom. The van der Waals surface area contributed by atoms with Crippen molar-refractivity contribution in [2.24, 2.45) is 0 Å². The Balaban J connectivity index is 1.29. The third-order valence-electron chi connectivity index (χ3n) is 7.84.